The molecule has 2 aliphatic heterocycles. The highest BCUT2D eigenvalue weighted by molar-refractivity contribution is 5.66. The maximum absolute atomic E-state index is 5.51. The zero-order valence-corrected chi connectivity index (χ0v) is 17.7. The van der Waals surface area contributed by atoms with Gasteiger partial charge in [-0.25, -0.2) is 9.97 Å². The fraction of sp³-hybridized carbons (Fsp3) is 0.417. The molecule has 7 heteroatoms. The van der Waals surface area contributed by atoms with Crippen LogP contribution in [0, 0.1) is 0 Å². The molecule has 0 unspecified atom stereocenters. The van der Waals surface area contributed by atoms with Gasteiger partial charge in [0.2, 0.25) is 5.95 Å². The lowest BCUT2D eigenvalue weighted by Gasteiger charge is -2.34. The average Bonchev–Trinajstić information content (AvgIpc) is 2.86. The molecular formula is C24H28N6O. The quantitative estimate of drug-likeness (QED) is 0.633. The van der Waals surface area contributed by atoms with Gasteiger partial charge in [0.1, 0.15) is 0 Å². The van der Waals surface area contributed by atoms with Gasteiger partial charge in [-0.1, -0.05) is 6.07 Å². The predicted octanol–water partition coefficient (Wildman–Crippen LogP) is 3.15. The van der Waals surface area contributed by atoms with Crippen LogP contribution in [0.2, 0.25) is 0 Å². The second-order valence-corrected chi connectivity index (χ2v) is 8.20. The smallest absolute Gasteiger partial charge is 0.225 e. The summed E-state index contributed by atoms with van der Waals surface area (Å²) in [7, 11) is 0. The van der Waals surface area contributed by atoms with Gasteiger partial charge in [0.05, 0.1) is 24.6 Å². The molecule has 0 bridgehead atoms. The van der Waals surface area contributed by atoms with Crippen LogP contribution in [0.5, 0.6) is 0 Å². The van der Waals surface area contributed by atoms with Gasteiger partial charge >= 0.3 is 0 Å². The molecule has 7 nitrogen and oxygen atoms in total. The number of hydrogen-bond donors (Lipinski definition) is 0. The van der Waals surface area contributed by atoms with E-state index in [1.165, 1.54) is 0 Å². The molecular weight excluding hydrogens is 388 g/mol. The van der Waals surface area contributed by atoms with Crippen LogP contribution >= 0.6 is 0 Å². The van der Waals surface area contributed by atoms with Crippen LogP contribution in [0.15, 0.2) is 55.1 Å². The summed E-state index contributed by atoms with van der Waals surface area (Å²) >= 11 is 0. The maximum atomic E-state index is 5.51. The van der Waals surface area contributed by atoms with Crippen LogP contribution in [-0.4, -0.2) is 64.2 Å². The number of morpholine rings is 1. The van der Waals surface area contributed by atoms with Crippen LogP contribution in [0.3, 0.4) is 0 Å². The van der Waals surface area contributed by atoms with E-state index in [9.17, 15) is 0 Å². The third-order valence-corrected chi connectivity index (χ3v) is 6.09. The van der Waals surface area contributed by atoms with Crippen molar-refractivity contribution in [3.05, 3.63) is 66.5 Å². The summed E-state index contributed by atoms with van der Waals surface area (Å²) in [6.45, 7) is 6.09. The molecule has 2 aliphatic rings. The first-order valence-electron chi connectivity index (χ1n) is 11.1. The molecule has 0 amide bonds. The molecule has 0 N–H and O–H groups in total. The Bertz CT molecular complexity index is 978. The minimum Gasteiger partial charge on any atom is -0.378 e. The zero-order valence-electron chi connectivity index (χ0n) is 17.7. The van der Waals surface area contributed by atoms with E-state index in [1.54, 1.807) is 0 Å². The SMILES string of the molecule is c1ccc(CN2CCC[C@@H](c3nc(N4CCOCC4)ncc3-c3ccncc3)C2)nc1. The molecule has 3 aromatic heterocycles. The van der Waals surface area contributed by atoms with Gasteiger partial charge in [-0.2, -0.15) is 0 Å². The Morgan fingerprint density at radius 2 is 1.84 bits per heavy atom. The topological polar surface area (TPSA) is 67.3 Å². The number of nitrogens with zero attached hydrogens (tertiary/aromatic N) is 6. The van der Waals surface area contributed by atoms with E-state index in [0.717, 1.165) is 87.2 Å². The molecule has 1 atom stereocenters. The number of piperidine rings is 1. The monoisotopic (exact) mass is 416 g/mol. The number of pyridine rings is 2. The molecule has 160 valence electrons. The normalized spacial score (nSPS) is 20.0. The molecule has 0 saturated carbocycles. The van der Waals surface area contributed by atoms with Gasteiger partial charge in [-0.05, 0) is 49.2 Å². The Hall–Kier alpha value is -2.90. The number of rotatable bonds is 5. The summed E-state index contributed by atoms with van der Waals surface area (Å²) < 4.78 is 5.51. The number of hydrogen-bond acceptors (Lipinski definition) is 7. The summed E-state index contributed by atoms with van der Waals surface area (Å²) in [5.41, 5.74) is 4.51. The summed E-state index contributed by atoms with van der Waals surface area (Å²) in [6.07, 6.45) is 9.84. The first kappa shape index (κ1) is 20.0. The van der Waals surface area contributed by atoms with E-state index >= 15 is 0 Å². The standard InChI is InChI=1S/C24H28N6O/c1-2-8-26-21(5-1)18-29-11-3-4-20(17-29)23-22(19-6-9-25-10-7-19)16-27-24(28-23)30-12-14-31-15-13-30/h1-2,5-10,16,20H,3-4,11-15,17-18H2/t20-/m1/s1. The van der Waals surface area contributed by atoms with Gasteiger partial charge in [0.15, 0.2) is 0 Å². The van der Waals surface area contributed by atoms with Gasteiger partial charge in [0, 0.05) is 62.4 Å². The van der Waals surface area contributed by atoms with Crippen LogP contribution in [0.4, 0.5) is 5.95 Å². The number of anilines is 1. The van der Waals surface area contributed by atoms with E-state index in [-0.39, 0.29) is 0 Å². The van der Waals surface area contributed by atoms with E-state index < -0.39 is 0 Å². The zero-order chi connectivity index (χ0) is 20.9. The van der Waals surface area contributed by atoms with E-state index in [0.29, 0.717) is 5.92 Å². The highest BCUT2D eigenvalue weighted by Gasteiger charge is 2.27. The van der Waals surface area contributed by atoms with Crippen molar-refractivity contribution in [1.82, 2.24) is 24.8 Å². The third kappa shape index (κ3) is 4.73. The Labute approximate surface area is 183 Å². The lowest BCUT2D eigenvalue weighted by molar-refractivity contribution is 0.122. The van der Waals surface area contributed by atoms with Gasteiger partial charge in [0.25, 0.3) is 0 Å². The number of likely N-dealkylation sites (tertiary alicyclic amines) is 1. The molecule has 2 fully saturated rings. The number of aromatic nitrogens is 4. The average molecular weight is 417 g/mol. The van der Waals surface area contributed by atoms with Crippen LogP contribution < -0.4 is 4.90 Å². The highest BCUT2D eigenvalue weighted by Crippen LogP contribution is 2.34. The predicted molar refractivity (Wildman–Crippen MR) is 120 cm³/mol. The Balaban J connectivity index is 1.44. The summed E-state index contributed by atoms with van der Waals surface area (Å²) in [6, 6.07) is 10.2. The van der Waals surface area contributed by atoms with Crippen molar-refractivity contribution in [3.63, 3.8) is 0 Å². The molecule has 5 heterocycles. The minimum absolute atomic E-state index is 0.364. The first-order chi connectivity index (χ1) is 15.4. The van der Waals surface area contributed by atoms with Crippen LogP contribution in [0.25, 0.3) is 11.1 Å². The van der Waals surface area contributed by atoms with Gasteiger partial charge < -0.3 is 9.64 Å². The molecule has 0 aromatic carbocycles. The van der Waals surface area contributed by atoms with Crippen LogP contribution in [0.1, 0.15) is 30.1 Å². The Morgan fingerprint density at radius 1 is 0.968 bits per heavy atom. The molecule has 0 spiro atoms. The van der Waals surface area contributed by atoms with Crippen molar-refractivity contribution in [2.75, 3.05) is 44.3 Å². The van der Waals surface area contributed by atoms with Crippen molar-refractivity contribution in [3.8, 4) is 11.1 Å². The van der Waals surface area contributed by atoms with E-state index in [1.807, 2.05) is 43.0 Å². The lowest BCUT2D eigenvalue weighted by Crippen LogP contribution is -2.38. The second kappa shape index (κ2) is 9.49. The van der Waals surface area contributed by atoms with Crippen molar-refractivity contribution >= 4 is 5.95 Å². The number of ether oxygens (including phenoxy) is 1. The van der Waals surface area contributed by atoms with Crippen molar-refractivity contribution < 1.29 is 4.74 Å². The molecule has 5 rings (SSSR count). The Morgan fingerprint density at radius 3 is 2.65 bits per heavy atom. The highest BCUT2D eigenvalue weighted by atomic mass is 16.5. The van der Waals surface area contributed by atoms with Crippen molar-refractivity contribution in [2.45, 2.75) is 25.3 Å². The molecule has 3 aromatic rings. The Kier molecular flexibility index (Phi) is 6.13. The first-order valence-corrected chi connectivity index (χ1v) is 11.1. The molecule has 31 heavy (non-hydrogen) atoms. The van der Waals surface area contributed by atoms with Gasteiger partial charge in [-0.3, -0.25) is 14.9 Å². The lowest BCUT2D eigenvalue weighted by atomic mass is 9.90. The summed E-state index contributed by atoms with van der Waals surface area (Å²) in [5.74, 6) is 1.18. The summed E-state index contributed by atoms with van der Waals surface area (Å²) in [5, 5.41) is 0. The van der Waals surface area contributed by atoms with Crippen molar-refractivity contribution in [1.29, 1.82) is 0 Å². The molecule has 0 radical (unpaired) electrons. The fourth-order valence-electron chi connectivity index (χ4n) is 4.51. The maximum Gasteiger partial charge on any atom is 0.225 e. The largest absolute Gasteiger partial charge is 0.378 e. The van der Waals surface area contributed by atoms with Gasteiger partial charge in [-0.15, -0.1) is 0 Å². The fourth-order valence-corrected chi connectivity index (χ4v) is 4.51. The van der Waals surface area contributed by atoms with Crippen molar-refractivity contribution in [2.24, 2.45) is 0 Å². The van der Waals surface area contributed by atoms with E-state index in [4.69, 9.17) is 14.7 Å². The second-order valence-electron chi connectivity index (χ2n) is 8.20. The minimum atomic E-state index is 0.364. The summed E-state index contributed by atoms with van der Waals surface area (Å²) in [4.78, 5) is 23.3. The van der Waals surface area contributed by atoms with Crippen LogP contribution in [-0.2, 0) is 11.3 Å². The molecule has 0 aliphatic carbocycles. The van der Waals surface area contributed by atoms with E-state index in [2.05, 4.69) is 31.9 Å². The molecule has 2 saturated heterocycles. The third-order valence-electron chi connectivity index (χ3n) is 6.09.